The molecule has 0 aromatic rings. The first-order valence-electron chi connectivity index (χ1n) is 8.89. The normalized spacial score (nSPS) is 14.2. The molecule has 23 heavy (non-hydrogen) atoms. The Bertz CT molecular complexity index is 284. The van der Waals surface area contributed by atoms with E-state index in [2.05, 4.69) is 26.6 Å². The molecule has 0 aliphatic rings. The van der Waals surface area contributed by atoms with Gasteiger partial charge in [-0.2, -0.15) is 0 Å². The first-order valence-corrected chi connectivity index (χ1v) is 14.5. The van der Waals surface area contributed by atoms with Crippen molar-refractivity contribution in [2.75, 3.05) is 39.6 Å². The zero-order chi connectivity index (χ0) is 17.8. The third-order valence-electron chi connectivity index (χ3n) is 3.59. The van der Waals surface area contributed by atoms with Crippen LogP contribution in [-0.2, 0) is 22.8 Å². The van der Waals surface area contributed by atoms with Crippen LogP contribution in [-0.4, -0.2) is 62.6 Å². The van der Waals surface area contributed by atoms with Crippen LogP contribution < -0.4 is 0 Å². The van der Waals surface area contributed by atoms with Crippen LogP contribution in [0.15, 0.2) is 0 Å². The van der Waals surface area contributed by atoms with E-state index in [0.29, 0.717) is 26.4 Å². The fourth-order valence-electron chi connectivity index (χ4n) is 2.32. The Balaban J connectivity index is 3.83. The van der Waals surface area contributed by atoms with Crippen molar-refractivity contribution < 1.29 is 22.8 Å². The highest BCUT2D eigenvalue weighted by Crippen LogP contribution is 2.14. The molecule has 1 atom stereocenters. The van der Waals surface area contributed by atoms with E-state index in [0.717, 1.165) is 25.3 Å². The van der Waals surface area contributed by atoms with Crippen LogP contribution in [0.2, 0.25) is 31.7 Å². The van der Waals surface area contributed by atoms with Crippen molar-refractivity contribution in [3.8, 4) is 0 Å². The summed E-state index contributed by atoms with van der Waals surface area (Å²) in [5.74, 6) is 0. The maximum atomic E-state index is 5.83. The summed E-state index contributed by atoms with van der Waals surface area (Å²) in [4.78, 5) is 0. The highest BCUT2D eigenvalue weighted by Gasteiger charge is 2.30. The van der Waals surface area contributed by atoms with E-state index in [1.165, 1.54) is 0 Å². The third-order valence-corrected chi connectivity index (χ3v) is 8.98. The topological polar surface area (TPSA) is 46.2 Å². The van der Waals surface area contributed by atoms with Gasteiger partial charge >= 0.3 is 8.56 Å². The Labute approximate surface area is 145 Å². The fraction of sp³-hybridized carbons (Fsp3) is 1.00. The van der Waals surface area contributed by atoms with Crippen LogP contribution in [0.4, 0.5) is 0 Å². The number of rotatable bonds is 15. The predicted octanol–water partition coefficient (Wildman–Crippen LogP) is 3.79. The van der Waals surface area contributed by atoms with Crippen molar-refractivity contribution in [2.45, 2.75) is 65.5 Å². The second kappa shape index (κ2) is 12.6. The largest absolute Gasteiger partial charge is 0.418 e. The van der Waals surface area contributed by atoms with Gasteiger partial charge in [-0.3, -0.25) is 0 Å². The lowest BCUT2D eigenvalue weighted by Gasteiger charge is -2.26. The van der Waals surface area contributed by atoms with Crippen molar-refractivity contribution >= 4 is 16.9 Å². The smallest absolute Gasteiger partial charge is 0.337 e. The predicted molar refractivity (Wildman–Crippen MR) is 99.8 cm³/mol. The molecule has 5 nitrogen and oxygen atoms in total. The Hall–Kier alpha value is 0.234. The van der Waals surface area contributed by atoms with Gasteiger partial charge < -0.3 is 22.8 Å². The summed E-state index contributed by atoms with van der Waals surface area (Å²) in [5, 5.41) is 0. The molecule has 0 aromatic carbocycles. The third kappa shape index (κ3) is 12.3. The lowest BCUT2D eigenvalue weighted by atomic mass is 10.4. The standard InChI is InChI=1S/C16H38O5Si2/c1-8-19-22(5,6)13-12-18-16(4)15-17-11-14-23(7,20-9-2)21-10-3/h16H,8-15H2,1-7H3. The zero-order valence-corrected chi connectivity index (χ0v) is 18.3. The van der Waals surface area contributed by atoms with E-state index >= 15 is 0 Å². The van der Waals surface area contributed by atoms with Gasteiger partial charge in [-0.25, -0.2) is 0 Å². The summed E-state index contributed by atoms with van der Waals surface area (Å²) < 4.78 is 29.0. The summed E-state index contributed by atoms with van der Waals surface area (Å²) in [6.45, 7) is 18.9. The summed E-state index contributed by atoms with van der Waals surface area (Å²) in [6, 6.07) is 1.87. The van der Waals surface area contributed by atoms with Gasteiger partial charge in [-0.05, 0) is 53.4 Å². The minimum absolute atomic E-state index is 0.105. The highest BCUT2D eigenvalue weighted by atomic mass is 28.4. The summed E-state index contributed by atoms with van der Waals surface area (Å²) in [7, 11) is -3.60. The van der Waals surface area contributed by atoms with Crippen LogP contribution in [0.25, 0.3) is 0 Å². The van der Waals surface area contributed by atoms with Crippen molar-refractivity contribution in [3.63, 3.8) is 0 Å². The van der Waals surface area contributed by atoms with E-state index in [4.69, 9.17) is 22.8 Å². The van der Waals surface area contributed by atoms with Crippen LogP contribution in [0.3, 0.4) is 0 Å². The molecule has 0 fully saturated rings. The number of ether oxygens (including phenoxy) is 2. The van der Waals surface area contributed by atoms with Crippen LogP contribution in [0.1, 0.15) is 27.7 Å². The van der Waals surface area contributed by atoms with Crippen LogP contribution in [0.5, 0.6) is 0 Å². The average molecular weight is 367 g/mol. The highest BCUT2D eigenvalue weighted by molar-refractivity contribution is 6.71. The Morgan fingerprint density at radius 3 is 1.87 bits per heavy atom. The Kier molecular flexibility index (Phi) is 12.7. The van der Waals surface area contributed by atoms with Crippen molar-refractivity contribution in [2.24, 2.45) is 0 Å². The molecule has 0 amide bonds. The van der Waals surface area contributed by atoms with E-state index in [9.17, 15) is 0 Å². The summed E-state index contributed by atoms with van der Waals surface area (Å²) >= 11 is 0. The molecule has 0 spiro atoms. The molecular weight excluding hydrogens is 328 g/mol. The molecule has 7 heteroatoms. The van der Waals surface area contributed by atoms with Gasteiger partial charge in [0.1, 0.15) is 0 Å². The number of hydrogen-bond acceptors (Lipinski definition) is 5. The first-order chi connectivity index (χ1) is 10.8. The van der Waals surface area contributed by atoms with Crippen molar-refractivity contribution in [3.05, 3.63) is 0 Å². The maximum absolute atomic E-state index is 5.83. The van der Waals surface area contributed by atoms with Gasteiger partial charge in [-0.1, -0.05) is 0 Å². The lowest BCUT2D eigenvalue weighted by molar-refractivity contribution is -0.000657. The summed E-state index contributed by atoms with van der Waals surface area (Å²) in [6.07, 6.45) is 0.105. The molecule has 140 valence electrons. The molecule has 0 heterocycles. The van der Waals surface area contributed by atoms with Crippen LogP contribution in [0, 0.1) is 0 Å². The molecule has 0 aliphatic heterocycles. The van der Waals surface area contributed by atoms with Gasteiger partial charge in [0.25, 0.3) is 0 Å². The monoisotopic (exact) mass is 366 g/mol. The SMILES string of the molecule is CCO[Si](C)(C)CCOC(C)COCC[Si](C)(OCC)OCC. The zero-order valence-electron chi connectivity index (χ0n) is 16.3. The fourth-order valence-corrected chi connectivity index (χ4v) is 5.96. The maximum Gasteiger partial charge on any atom is 0.337 e. The van der Waals surface area contributed by atoms with E-state index in [1.807, 2.05) is 20.8 Å². The summed E-state index contributed by atoms with van der Waals surface area (Å²) in [5.41, 5.74) is 0. The molecule has 0 bridgehead atoms. The quantitative estimate of drug-likeness (QED) is 0.326. The van der Waals surface area contributed by atoms with E-state index in [1.54, 1.807) is 0 Å². The van der Waals surface area contributed by atoms with E-state index < -0.39 is 16.9 Å². The second-order valence-corrected chi connectivity index (χ2v) is 14.1. The molecule has 0 saturated heterocycles. The van der Waals surface area contributed by atoms with Crippen molar-refractivity contribution in [1.29, 1.82) is 0 Å². The van der Waals surface area contributed by atoms with Crippen molar-refractivity contribution in [1.82, 2.24) is 0 Å². The average Bonchev–Trinajstić information content (AvgIpc) is 2.44. The molecule has 0 aliphatic carbocycles. The molecule has 0 N–H and O–H groups in total. The molecule has 0 radical (unpaired) electrons. The van der Waals surface area contributed by atoms with Gasteiger partial charge in [0.2, 0.25) is 0 Å². The minimum Gasteiger partial charge on any atom is -0.418 e. The van der Waals surface area contributed by atoms with Gasteiger partial charge in [0, 0.05) is 39.1 Å². The molecule has 0 aromatic heterocycles. The van der Waals surface area contributed by atoms with Gasteiger partial charge in [-0.15, -0.1) is 0 Å². The molecule has 0 rings (SSSR count). The van der Waals surface area contributed by atoms with Gasteiger partial charge in [0.05, 0.1) is 12.7 Å². The Morgan fingerprint density at radius 1 is 0.783 bits per heavy atom. The molecular formula is C16H38O5Si2. The first kappa shape index (κ1) is 23.2. The lowest BCUT2D eigenvalue weighted by Crippen LogP contribution is -2.40. The van der Waals surface area contributed by atoms with E-state index in [-0.39, 0.29) is 6.10 Å². The Morgan fingerprint density at radius 2 is 1.35 bits per heavy atom. The minimum atomic E-state index is -2.06. The number of hydrogen-bond donors (Lipinski definition) is 0. The molecule has 0 saturated carbocycles. The van der Waals surface area contributed by atoms with Gasteiger partial charge in [0.15, 0.2) is 8.32 Å². The molecule has 1 unspecified atom stereocenters. The van der Waals surface area contributed by atoms with Crippen LogP contribution >= 0.6 is 0 Å². The second-order valence-electron chi connectivity index (χ2n) is 6.45.